The monoisotopic (exact) mass is 220 g/mol. The van der Waals surface area contributed by atoms with Crippen molar-refractivity contribution in [3.8, 4) is 6.07 Å². The third-order valence-corrected chi connectivity index (χ3v) is 3.39. The molecule has 4 heteroatoms. The molecule has 0 saturated heterocycles. The molecule has 0 amide bonds. The summed E-state index contributed by atoms with van der Waals surface area (Å²) in [6.07, 6.45) is 1.01. The molecule has 0 saturated carbocycles. The highest BCUT2D eigenvalue weighted by molar-refractivity contribution is 5.57. The lowest BCUT2D eigenvalue weighted by molar-refractivity contribution is 0.460. The van der Waals surface area contributed by atoms with Gasteiger partial charge in [-0.3, -0.25) is 4.68 Å². The van der Waals surface area contributed by atoms with E-state index in [2.05, 4.69) is 36.8 Å². The standard InChI is InChI=1S/C12H20N4/c1-7-12(3,4)15(5)11-10(8-13)9(2)14-16(11)6/h7H2,1-6H3. The molecule has 0 aliphatic carbocycles. The van der Waals surface area contributed by atoms with Crippen LogP contribution >= 0.6 is 0 Å². The number of anilines is 1. The van der Waals surface area contributed by atoms with Gasteiger partial charge in [-0.25, -0.2) is 0 Å². The summed E-state index contributed by atoms with van der Waals surface area (Å²) in [6.45, 7) is 8.34. The fourth-order valence-electron chi connectivity index (χ4n) is 1.69. The summed E-state index contributed by atoms with van der Waals surface area (Å²) < 4.78 is 1.78. The van der Waals surface area contributed by atoms with E-state index in [0.29, 0.717) is 5.56 Å². The van der Waals surface area contributed by atoms with Gasteiger partial charge in [0.05, 0.1) is 5.69 Å². The van der Waals surface area contributed by atoms with Gasteiger partial charge >= 0.3 is 0 Å². The topological polar surface area (TPSA) is 44.9 Å². The van der Waals surface area contributed by atoms with Crippen LogP contribution in [0.1, 0.15) is 38.4 Å². The Labute approximate surface area is 97.5 Å². The zero-order valence-electron chi connectivity index (χ0n) is 11.0. The molecule has 16 heavy (non-hydrogen) atoms. The van der Waals surface area contributed by atoms with E-state index in [1.54, 1.807) is 4.68 Å². The summed E-state index contributed by atoms with van der Waals surface area (Å²) in [5.74, 6) is 0.895. The Morgan fingerprint density at radius 2 is 2.06 bits per heavy atom. The van der Waals surface area contributed by atoms with E-state index < -0.39 is 0 Å². The lowest BCUT2D eigenvalue weighted by Gasteiger charge is -2.36. The van der Waals surface area contributed by atoms with Crippen LogP contribution in [0.15, 0.2) is 0 Å². The zero-order valence-corrected chi connectivity index (χ0v) is 11.0. The summed E-state index contributed by atoms with van der Waals surface area (Å²) in [6, 6.07) is 2.24. The fraction of sp³-hybridized carbons (Fsp3) is 0.667. The third-order valence-electron chi connectivity index (χ3n) is 3.39. The SMILES string of the molecule is CCC(C)(C)N(C)c1c(C#N)c(C)nn1C. The molecule has 4 nitrogen and oxygen atoms in total. The van der Waals surface area contributed by atoms with Crippen LogP contribution in [0.3, 0.4) is 0 Å². The van der Waals surface area contributed by atoms with Crippen molar-refractivity contribution >= 4 is 5.82 Å². The first kappa shape index (κ1) is 12.6. The van der Waals surface area contributed by atoms with Crippen molar-refractivity contribution in [2.24, 2.45) is 7.05 Å². The maximum Gasteiger partial charge on any atom is 0.145 e. The normalized spacial score (nSPS) is 11.3. The van der Waals surface area contributed by atoms with Crippen LogP contribution < -0.4 is 4.90 Å². The Kier molecular flexibility index (Phi) is 3.27. The van der Waals surface area contributed by atoms with Gasteiger partial charge in [-0.15, -0.1) is 0 Å². The molecule has 1 rings (SSSR count). The van der Waals surface area contributed by atoms with E-state index in [1.165, 1.54) is 0 Å². The van der Waals surface area contributed by atoms with Crippen molar-refractivity contribution in [2.45, 2.75) is 39.7 Å². The molecule has 0 aromatic carbocycles. The van der Waals surface area contributed by atoms with Gasteiger partial charge in [0.15, 0.2) is 0 Å². The summed E-state index contributed by atoms with van der Waals surface area (Å²) in [7, 11) is 3.90. The molecule has 1 aromatic heterocycles. The summed E-state index contributed by atoms with van der Waals surface area (Å²) in [4.78, 5) is 2.13. The molecule has 0 aliphatic rings. The number of hydrogen-bond donors (Lipinski definition) is 0. The number of rotatable bonds is 3. The Morgan fingerprint density at radius 1 is 1.50 bits per heavy atom. The van der Waals surface area contributed by atoms with Gasteiger partial charge in [0.25, 0.3) is 0 Å². The summed E-state index contributed by atoms with van der Waals surface area (Å²) >= 11 is 0. The minimum absolute atomic E-state index is 0.0197. The number of aryl methyl sites for hydroxylation is 2. The first-order valence-electron chi connectivity index (χ1n) is 5.52. The van der Waals surface area contributed by atoms with E-state index in [9.17, 15) is 0 Å². The van der Waals surface area contributed by atoms with E-state index in [4.69, 9.17) is 5.26 Å². The Hall–Kier alpha value is -1.50. The van der Waals surface area contributed by atoms with Gasteiger partial charge in [-0.05, 0) is 27.2 Å². The van der Waals surface area contributed by atoms with Gasteiger partial charge in [0.2, 0.25) is 0 Å². The third kappa shape index (κ3) is 1.90. The Bertz CT molecular complexity index is 423. The van der Waals surface area contributed by atoms with E-state index in [0.717, 1.165) is 17.9 Å². The number of aromatic nitrogens is 2. The maximum absolute atomic E-state index is 9.17. The molecule has 1 heterocycles. The number of nitriles is 1. The highest BCUT2D eigenvalue weighted by Crippen LogP contribution is 2.28. The Balaban J connectivity index is 3.29. The first-order chi connectivity index (χ1) is 7.35. The van der Waals surface area contributed by atoms with Crippen LogP contribution in [0, 0.1) is 18.3 Å². The smallest absolute Gasteiger partial charge is 0.145 e. The molecule has 0 spiro atoms. The van der Waals surface area contributed by atoms with Crippen LogP contribution in [0.5, 0.6) is 0 Å². The van der Waals surface area contributed by atoms with Crippen molar-refractivity contribution < 1.29 is 0 Å². The molecule has 0 atom stereocenters. The van der Waals surface area contributed by atoms with Gasteiger partial charge < -0.3 is 4.90 Å². The minimum atomic E-state index is 0.0197. The second-order valence-electron chi connectivity index (χ2n) is 4.74. The summed E-state index contributed by atoms with van der Waals surface area (Å²) in [5.41, 5.74) is 1.48. The average molecular weight is 220 g/mol. The predicted octanol–water partition coefficient (Wildman–Crippen LogP) is 2.22. The molecular formula is C12H20N4. The highest BCUT2D eigenvalue weighted by atomic mass is 15.4. The molecule has 0 unspecified atom stereocenters. The summed E-state index contributed by atoms with van der Waals surface area (Å²) in [5, 5.41) is 13.5. The van der Waals surface area contributed by atoms with E-state index in [1.807, 2.05) is 21.0 Å². The van der Waals surface area contributed by atoms with Crippen molar-refractivity contribution in [1.29, 1.82) is 5.26 Å². The second-order valence-corrected chi connectivity index (χ2v) is 4.74. The maximum atomic E-state index is 9.17. The van der Waals surface area contributed by atoms with Crippen molar-refractivity contribution in [3.05, 3.63) is 11.3 Å². The molecule has 0 radical (unpaired) electrons. The first-order valence-corrected chi connectivity index (χ1v) is 5.52. The average Bonchev–Trinajstić information content (AvgIpc) is 2.51. The molecule has 0 fully saturated rings. The van der Waals surface area contributed by atoms with Gasteiger partial charge in [-0.1, -0.05) is 6.92 Å². The molecule has 1 aromatic rings. The predicted molar refractivity (Wildman–Crippen MR) is 65.4 cm³/mol. The lowest BCUT2D eigenvalue weighted by atomic mass is 9.99. The van der Waals surface area contributed by atoms with Crippen LogP contribution in [0.2, 0.25) is 0 Å². The number of hydrogen-bond acceptors (Lipinski definition) is 3. The molecule has 0 bridgehead atoms. The van der Waals surface area contributed by atoms with Gasteiger partial charge in [-0.2, -0.15) is 10.4 Å². The van der Waals surface area contributed by atoms with Crippen molar-refractivity contribution in [1.82, 2.24) is 9.78 Å². The molecule has 0 aliphatic heterocycles. The van der Waals surface area contributed by atoms with Crippen LogP contribution in [0.25, 0.3) is 0 Å². The molecular weight excluding hydrogens is 200 g/mol. The molecule has 0 N–H and O–H groups in total. The molecule has 88 valence electrons. The fourth-order valence-corrected chi connectivity index (χ4v) is 1.69. The van der Waals surface area contributed by atoms with E-state index in [-0.39, 0.29) is 5.54 Å². The van der Waals surface area contributed by atoms with Crippen LogP contribution in [-0.4, -0.2) is 22.4 Å². The lowest BCUT2D eigenvalue weighted by Crippen LogP contribution is -2.42. The second kappa shape index (κ2) is 4.17. The highest BCUT2D eigenvalue weighted by Gasteiger charge is 2.27. The largest absolute Gasteiger partial charge is 0.354 e. The Morgan fingerprint density at radius 3 is 2.50 bits per heavy atom. The zero-order chi connectivity index (χ0) is 12.5. The van der Waals surface area contributed by atoms with Gasteiger partial charge in [0, 0.05) is 19.6 Å². The van der Waals surface area contributed by atoms with Crippen LogP contribution in [-0.2, 0) is 7.05 Å². The van der Waals surface area contributed by atoms with Gasteiger partial charge in [0.1, 0.15) is 17.5 Å². The van der Waals surface area contributed by atoms with Crippen LogP contribution in [0.4, 0.5) is 5.82 Å². The minimum Gasteiger partial charge on any atom is -0.354 e. The van der Waals surface area contributed by atoms with E-state index >= 15 is 0 Å². The quantitative estimate of drug-likeness (QED) is 0.784. The number of nitrogens with zero attached hydrogens (tertiary/aromatic N) is 4. The van der Waals surface area contributed by atoms with Crippen molar-refractivity contribution in [2.75, 3.05) is 11.9 Å². The van der Waals surface area contributed by atoms with Crippen molar-refractivity contribution in [3.63, 3.8) is 0 Å².